The Morgan fingerprint density at radius 3 is 2.17 bits per heavy atom. The highest BCUT2D eigenvalue weighted by Gasteiger charge is 2.35. The number of fused-ring (bicyclic) bond motifs is 2. The zero-order chi connectivity index (χ0) is 28.3. The van der Waals surface area contributed by atoms with Crippen LogP contribution in [0.4, 0.5) is 4.39 Å². The van der Waals surface area contributed by atoms with Crippen molar-refractivity contribution in [3.8, 4) is 0 Å². The Hall–Kier alpha value is -4.29. The van der Waals surface area contributed by atoms with E-state index in [2.05, 4.69) is 29.2 Å². The third-order valence-corrected chi connectivity index (χ3v) is 8.46. The molecule has 6 rings (SSSR count). The van der Waals surface area contributed by atoms with Gasteiger partial charge < -0.3 is 9.64 Å². The number of ether oxygens (including phenoxy) is 1. The van der Waals surface area contributed by atoms with Crippen molar-refractivity contribution in [3.63, 3.8) is 0 Å². The molecule has 0 spiro atoms. The number of esters is 1. The van der Waals surface area contributed by atoms with Gasteiger partial charge in [0.05, 0.1) is 25.3 Å². The molecular formula is C35H33FN2O3. The summed E-state index contributed by atoms with van der Waals surface area (Å²) in [7, 11) is 1.37. The van der Waals surface area contributed by atoms with Gasteiger partial charge in [-0.05, 0) is 65.3 Å². The molecule has 0 fully saturated rings. The minimum Gasteiger partial charge on any atom is -0.465 e. The molecule has 0 aromatic heterocycles. The Labute approximate surface area is 240 Å². The third-order valence-electron chi connectivity index (χ3n) is 8.46. The number of hydrogen-bond donors (Lipinski definition) is 0. The molecule has 6 heteroatoms. The topological polar surface area (TPSA) is 49.9 Å². The second-order valence-electron chi connectivity index (χ2n) is 10.9. The first-order chi connectivity index (χ1) is 20.0. The molecule has 2 aliphatic rings. The summed E-state index contributed by atoms with van der Waals surface area (Å²) < 4.78 is 19.7. The van der Waals surface area contributed by atoms with Crippen LogP contribution in [0.1, 0.15) is 49.8 Å². The SMILES string of the molecule is COC(=O)c1ccc(C2c3ccccc3CCN2CC(=O)N(Cc2ccccc2F)C2Cc3ccccc3C2)cc1. The van der Waals surface area contributed by atoms with E-state index in [1.807, 2.05) is 47.4 Å². The predicted molar refractivity (Wildman–Crippen MR) is 156 cm³/mol. The first-order valence-electron chi connectivity index (χ1n) is 14.1. The van der Waals surface area contributed by atoms with E-state index in [-0.39, 0.29) is 42.9 Å². The zero-order valence-corrected chi connectivity index (χ0v) is 23.1. The van der Waals surface area contributed by atoms with Crippen molar-refractivity contribution in [2.45, 2.75) is 37.9 Å². The average Bonchev–Trinajstić information content (AvgIpc) is 3.44. The third kappa shape index (κ3) is 5.52. The molecule has 5 nitrogen and oxygen atoms in total. The lowest BCUT2D eigenvalue weighted by Gasteiger charge is -2.39. The van der Waals surface area contributed by atoms with Gasteiger partial charge >= 0.3 is 5.97 Å². The summed E-state index contributed by atoms with van der Waals surface area (Å²) >= 11 is 0. The number of carbonyl (C=O) groups excluding carboxylic acids is 2. The highest BCUT2D eigenvalue weighted by Crippen LogP contribution is 2.36. The molecule has 1 amide bonds. The highest BCUT2D eigenvalue weighted by molar-refractivity contribution is 5.89. The van der Waals surface area contributed by atoms with Crippen molar-refractivity contribution in [2.24, 2.45) is 0 Å². The zero-order valence-electron chi connectivity index (χ0n) is 23.1. The molecule has 0 saturated carbocycles. The second kappa shape index (κ2) is 11.7. The molecule has 1 atom stereocenters. The van der Waals surface area contributed by atoms with Crippen LogP contribution < -0.4 is 0 Å². The fourth-order valence-electron chi connectivity index (χ4n) is 6.35. The van der Waals surface area contributed by atoms with E-state index in [9.17, 15) is 14.0 Å². The van der Waals surface area contributed by atoms with E-state index in [0.29, 0.717) is 17.7 Å². The standard InChI is InChI=1S/C35H33FN2O3/c1-41-35(40)26-16-14-25(15-17-26)34-31-12-6-4-8-24(31)18-19-37(34)23-33(39)38(22-29-11-5-7-13-32(29)36)30-20-27-9-2-3-10-28(27)21-30/h2-17,30,34H,18-23H2,1H3. The number of benzene rings is 4. The van der Waals surface area contributed by atoms with Crippen molar-refractivity contribution < 1.29 is 18.7 Å². The van der Waals surface area contributed by atoms with Gasteiger partial charge in [-0.3, -0.25) is 9.69 Å². The largest absolute Gasteiger partial charge is 0.465 e. The van der Waals surface area contributed by atoms with Gasteiger partial charge in [0.2, 0.25) is 5.91 Å². The first kappa shape index (κ1) is 26.9. The van der Waals surface area contributed by atoms with E-state index < -0.39 is 0 Å². The monoisotopic (exact) mass is 548 g/mol. The molecule has 1 unspecified atom stereocenters. The van der Waals surface area contributed by atoms with Crippen LogP contribution in [0.15, 0.2) is 97.1 Å². The minimum absolute atomic E-state index is 0.0124. The number of hydrogen-bond acceptors (Lipinski definition) is 4. The molecule has 0 N–H and O–H groups in total. The van der Waals surface area contributed by atoms with Gasteiger partial charge in [-0.25, -0.2) is 9.18 Å². The van der Waals surface area contributed by atoms with E-state index in [0.717, 1.165) is 30.4 Å². The van der Waals surface area contributed by atoms with Crippen LogP contribution in [-0.4, -0.2) is 47.9 Å². The van der Waals surface area contributed by atoms with Crippen LogP contribution in [0.2, 0.25) is 0 Å². The molecule has 208 valence electrons. The van der Waals surface area contributed by atoms with Crippen LogP contribution >= 0.6 is 0 Å². The molecule has 1 aliphatic carbocycles. The smallest absolute Gasteiger partial charge is 0.337 e. The quantitative estimate of drug-likeness (QED) is 0.276. The summed E-state index contributed by atoms with van der Waals surface area (Å²) in [6, 6.07) is 30.6. The number of amides is 1. The van der Waals surface area contributed by atoms with Gasteiger partial charge in [0, 0.05) is 24.7 Å². The summed E-state index contributed by atoms with van der Waals surface area (Å²) in [6.07, 6.45) is 2.36. The lowest BCUT2D eigenvalue weighted by molar-refractivity contribution is -0.136. The second-order valence-corrected chi connectivity index (χ2v) is 10.9. The van der Waals surface area contributed by atoms with Crippen molar-refractivity contribution in [3.05, 3.63) is 142 Å². The molecule has 4 aromatic rings. The normalized spacial score (nSPS) is 16.6. The molecule has 4 aromatic carbocycles. The molecule has 0 radical (unpaired) electrons. The Morgan fingerprint density at radius 1 is 0.854 bits per heavy atom. The average molecular weight is 549 g/mol. The van der Waals surface area contributed by atoms with Crippen LogP contribution in [0.5, 0.6) is 0 Å². The fraction of sp³-hybridized carbons (Fsp3) is 0.257. The predicted octanol–water partition coefficient (Wildman–Crippen LogP) is 5.76. The molecule has 41 heavy (non-hydrogen) atoms. The Morgan fingerprint density at radius 2 is 1.49 bits per heavy atom. The van der Waals surface area contributed by atoms with Gasteiger partial charge in [0.1, 0.15) is 5.82 Å². The lowest BCUT2D eigenvalue weighted by atomic mass is 9.88. The number of halogens is 1. The maximum Gasteiger partial charge on any atom is 0.337 e. The van der Waals surface area contributed by atoms with Crippen molar-refractivity contribution in [1.29, 1.82) is 0 Å². The molecule has 1 aliphatic heterocycles. The van der Waals surface area contributed by atoms with Crippen LogP contribution in [0, 0.1) is 5.82 Å². The molecule has 0 saturated heterocycles. The van der Waals surface area contributed by atoms with E-state index in [1.54, 1.807) is 24.3 Å². The molecular weight excluding hydrogens is 515 g/mol. The summed E-state index contributed by atoms with van der Waals surface area (Å²) in [5, 5.41) is 0. The van der Waals surface area contributed by atoms with Crippen LogP contribution in [0.3, 0.4) is 0 Å². The number of rotatable bonds is 7. The van der Waals surface area contributed by atoms with E-state index in [1.165, 1.54) is 29.9 Å². The molecule has 0 bridgehead atoms. The highest BCUT2D eigenvalue weighted by atomic mass is 19.1. The van der Waals surface area contributed by atoms with Gasteiger partial charge in [-0.15, -0.1) is 0 Å². The summed E-state index contributed by atoms with van der Waals surface area (Å²) in [5.41, 5.74) is 6.93. The Balaban J connectivity index is 1.31. The van der Waals surface area contributed by atoms with Gasteiger partial charge in [0.15, 0.2) is 0 Å². The van der Waals surface area contributed by atoms with E-state index in [4.69, 9.17) is 4.74 Å². The maximum absolute atomic E-state index is 14.8. The summed E-state index contributed by atoms with van der Waals surface area (Å²) in [5.74, 6) is -0.688. The summed E-state index contributed by atoms with van der Waals surface area (Å²) in [6.45, 7) is 1.15. The van der Waals surface area contributed by atoms with Crippen LogP contribution in [0.25, 0.3) is 0 Å². The number of methoxy groups -OCH3 is 1. The number of carbonyl (C=O) groups is 2. The van der Waals surface area contributed by atoms with Crippen molar-refractivity contribution in [1.82, 2.24) is 9.80 Å². The van der Waals surface area contributed by atoms with Crippen molar-refractivity contribution in [2.75, 3.05) is 20.2 Å². The van der Waals surface area contributed by atoms with Crippen molar-refractivity contribution >= 4 is 11.9 Å². The number of nitrogens with zero attached hydrogens (tertiary/aromatic N) is 2. The maximum atomic E-state index is 14.8. The van der Waals surface area contributed by atoms with Gasteiger partial charge in [-0.2, -0.15) is 0 Å². The van der Waals surface area contributed by atoms with Crippen LogP contribution in [-0.2, 0) is 35.3 Å². The van der Waals surface area contributed by atoms with E-state index >= 15 is 0 Å². The van der Waals surface area contributed by atoms with Gasteiger partial charge in [0.25, 0.3) is 0 Å². The fourth-order valence-corrected chi connectivity index (χ4v) is 6.35. The first-order valence-corrected chi connectivity index (χ1v) is 14.1. The molecule has 1 heterocycles. The Bertz CT molecular complexity index is 1540. The minimum atomic E-state index is -0.381. The summed E-state index contributed by atoms with van der Waals surface area (Å²) in [4.78, 5) is 30.4. The van der Waals surface area contributed by atoms with Gasteiger partial charge in [-0.1, -0.05) is 78.9 Å². The Kier molecular flexibility index (Phi) is 7.66. The lowest BCUT2D eigenvalue weighted by Crippen LogP contribution is -2.48.